The van der Waals surface area contributed by atoms with Crippen molar-refractivity contribution >= 4 is 5.97 Å². The second kappa shape index (κ2) is 5.87. The molecule has 4 nitrogen and oxygen atoms in total. The van der Waals surface area contributed by atoms with Crippen molar-refractivity contribution in [3.8, 4) is 5.75 Å². The van der Waals surface area contributed by atoms with E-state index in [-0.39, 0.29) is 24.1 Å². The van der Waals surface area contributed by atoms with Crippen molar-refractivity contribution < 1.29 is 14.6 Å². The second-order valence-corrected chi connectivity index (χ2v) is 5.31. The van der Waals surface area contributed by atoms with Gasteiger partial charge < -0.3 is 15.6 Å². The zero-order valence-electron chi connectivity index (χ0n) is 11.1. The van der Waals surface area contributed by atoms with Crippen LogP contribution in [-0.2, 0) is 9.53 Å². The minimum atomic E-state index is -0.481. The summed E-state index contributed by atoms with van der Waals surface area (Å²) in [4.78, 5) is 11.7. The van der Waals surface area contributed by atoms with Gasteiger partial charge in [-0.2, -0.15) is 0 Å². The fourth-order valence-corrected chi connectivity index (χ4v) is 1.67. The highest BCUT2D eigenvalue weighted by Crippen LogP contribution is 2.22. The maximum absolute atomic E-state index is 11.7. The van der Waals surface area contributed by atoms with Crippen LogP contribution in [0.25, 0.3) is 0 Å². The van der Waals surface area contributed by atoms with Crippen LogP contribution in [-0.4, -0.2) is 23.2 Å². The van der Waals surface area contributed by atoms with E-state index in [1.807, 2.05) is 20.8 Å². The Kier molecular flexibility index (Phi) is 4.73. The molecule has 0 aromatic heterocycles. The third-order valence-electron chi connectivity index (χ3n) is 2.48. The Bertz CT molecular complexity index is 392. The number of esters is 1. The Morgan fingerprint density at radius 2 is 1.89 bits per heavy atom. The first-order valence-electron chi connectivity index (χ1n) is 6.02. The number of nitrogens with two attached hydrogens (primary N) is 1. The molecule has 0 bridgehead atoms. The molecule has 1 aromatic rings. The molecule has 0 aliphatic heterocycles. The number of benzene rings is 1. The van der Waals surface area contributed by atoms with E-state index in [1.165, 1.54) is 0 Å². The predicted octanol–water partition coefficient (Wildman–Crippen LogP) is 2.17. The van der Waals surface area contributed by atoms with Crippen LogP contribution < -0.4 is 5.73 Å². The molecular weight excluding hydrogens is 230 g/mol. The monoisotopic (exact) mass is 251 g/mol. The summed E-state index contributed by atoms with van der Waals surface area (Å²) in [5.74, 6) is -0.140. The average molecular weight is 251 g/mol. The van der Waals surface area contributed by atoms with E-state index >= 15 is 0 Å². The molecule has 0 aliphatic carbocycles. The van der Waals surface area contributed by atoms with Gasteiger partial charge in [0.1, 0.15) is 11.4 Å². The zero-order valence-corrected chi connectivity index (χ0v) is 11.1. The van der Waals surface area contributed by atoms with Gasteiger partial charge in [0.25, 0.3) is 0 Å². The number of hydrogen-bond acceptors (Lipinski definition) is 4. The minimum Gasteiger partial charge on any atom is -0.508 e. The molecule has 0 saturated carbocycles. The number of phenols is 1. The average Bonchev–Trinajstić information content (AvgIpc) is 2.25. The van der Waals surface area contributed by atoms with Crippen LogP contribution in [0.4, 0.5) is 0 Å². The van der Waals surface area contributed by atoms with E-state index in [1.54, 1.807) is 24.3 Å². The van der Waals surface area contributed by atoms with Crippen molar-refractivity contribution in [2.75, 3.05) is 6.54 Å². The third kappa shape index (κ3) is 4.75. The molecule has 0 spiro atoms. The lowest BCUT2D eigenvalue weighted by Gasteiger charge is -2.22. The van der Waals surface area contributed by atoms with Crippen molar-refractivity contribution in [1.82, 2.24) is 0 Å². The number of phenolic OH excluding ortho intramolecular Hbond substituents is 1. The molecule has 0 fully saturated rings. The number of hydrogen-bond donors (Lipinski definition) is 2. The van der Waals surface area contributed by atoms with Gasteiger partial charge in [0.15, 0.2) is 0 Å². The number of carbonyl (C=O) groups is 1. The second-order valence-electron chi connectivity index (χ2n) is 5.31. The number of carbonyl (C=O) groups excluding carboxylic acids is 1. The van der Waals surface area contributed by atoms with Gasteiger partial charge in [-0.1, -0.05) is 12.1 Å². The summed E-state index contributed by atoms with van der Waals surface area (Å²) in [5.41, 5.74) is 6.14. The highest BCUT2D eigenvalue weighted by atomic mass is 16.6. The summed E-state index contributed by atoms with van der Waals surface area (Å²) in [6.07, 6.45) is 0.249. The first-order chi connectivity index (χ1) is 8.31. The number of ether oxygens (including phenoxy) is 1. The van der Waals surface area contributed by atoms with Gasteiger partial charge in [0.2, 0.25) is 0 Å². The number of aromatic hydroxyl groups is 1. The van der Waals surface area contributed by atoms with Crippen molar-refractivity contribution in [3.63, 3.8) is 0 Å². The van der Waals surface area contributed by atoms with Gasteiger partial charge in [0, 0.05) is 5.92 Å². The van der Waals surface area contributed by atoms with Crippen molar-refractivity contribution in [2.45, 2.75) is 38.7 Å². The summed E-state index contributed by atoms with van der Waals surface area (Å²) in [6.45, 7) is 5.87. The SMILES string of the molecule is CC(C)(C)OC(=O)CC(CN)c1ccc(O)cc1. The predicted molar refractivity (Wildman–Crippen MR) is 70.4 cm³/mol. The Morgan fingerprint density at radius 1 is 1.33 bits per heavy atom. The van der Waals surface area contributed by atoms with Gasteiger partial charge in [-0.25, -0.2) is 0 Å². The Labute approximate surface area is 108 Å². The van der Waals surface area contributed by atoms with Gasteiger partial charge in [-0.3, -0.25) is 4.79 Å². The minimum absolute atomic E-state index is 0.0829. The van der Waals surface area contributed by atoms with Crippen molar-refractivity contribution in [2.24, 2.45) is 5.73 Å². The summed E-state index contributed by atoms with van der Waals surface area (Å²) < 4.78 is 5.27. The topological polar surface area (TPSA) is 72.5 Å². The van der Waals surface area contributed by atoms with Gasteiger partial charge in [-0.15, -0.1) is 0 Å². The van der Waals surface area contributed by atoms with Gasteiger partial charge in [0.05, 0.1) is 6.42 Å². The maximum Gasteiger partial charge on any atom is 0.306 e. The summed E-state index contributed by atoms with van der Waals surface area (Å²) in [6, 6.07) is 6.73. The fraction of sp³-hybridized carbons (Fsp3) is 0.500. The molecule has 0 amide bonds. The molecule has 100 valence electrons. The molecule has 4 heteroatoms. The van der Waals surface area contributed by atoms with Crippen LogP contribution in [0.15, 0.2) is 24.3 Å². The van der Waals surface area contributed by atoms with Crippen LogP contribution in [0.5, 0.6) is 5.75 Å². The molecule has 3 N–H and O–H groups in total. The molecule has 0 heterocycles. The molecule has 0 aliphatic rings. The van der Waals surface area contributed by atoms with Crippen molar-refractivity contribution in [3.05, 3.63) is 29.8 Å². The lowest BCUT2D eigenvalue weighted by molar-refractivity contribution is -0.155. The summed E-state index contributed by atoms with van der Waals surface area (Å²) >= 11 is 0. The standard InChI is InChI=1S/C14H21NO3/c1-14(2,3)18-13(17)8-11(9-15)10-4-6-12(16)7-5-10/h4-7,11,16H,8-9,15H2,1-3H3. The Balaban J connectivity index is 2.68. The highest BCUT2D eigenvalue weighted by molar-refractivity contribution is 5.71. The van der Waals surface area contributed by atoms with E-state index in [9.17, 15) is 9.90 Å². The first kappa shape index (κ1) is 14.5. The smallest absolute Gasteiger partial charge is 0.306 e. The van der Waals surface area contributed by atoms with Crippen LogP contribution in [0.2, 0.25) is 0 Å². The third-order valence-corrected chi connectivity index (χ3v) is 2.48. The maximum atomic E-state index is 11.7. The first-order valence-corrected chi connectivity index (χ1v) is 6.02. The molecule has 1 rings (SSSR count). The largest absolute Gasteiger partial charge is 0.508 e. The molecule has 18 heavy (non-hydrogen) atoms. The number of rotatable bonds is 4. The molecular formula is C14H21NO3. The van der Waals surface area contributed by atoms with Crippen LogP contribution in [0.3, 0.4) is 0 Å². The van der Waals surface area contributed by atoms with E-state index in [2.05, 4.69) is 0 Å². The lowest BCUT2D eigenvalue weighted by atomic mass is 9.96. The molecule has 0 saturated heterocycles. The highest BCUT2D eigenvalue weighted by Gasteiger charge is 2.20. The fourth-order valence-electron chi connectivity index (χ4n) is 1.67. The summed E-state index contributed by atoms with van der Waals surface area (Å²) in [7, 11) is 0. The van der Waals surface area contributed by atoms with Crippen LogP contribution >= 0.6 is 0 Å². The molecule has 1 aromatic carbocycles. The normalized spacial score (nSPS) is 13.1. The van der Waals surface area contributed by atoms with Crippen LogP contribution in [0.1, 0.15) is 38.7 Å². The van der Waals surface area contributed by atoms with Crippen molar-refractivity contribution in [1.29, 1.82) is 0 Å². The molecule has 0 radical (unpaired) electrons. The lowest BCUT2D eigenvalue weighted by Crippen LogP contribution is -2.26. The quantitative estimate of drug-likeness (QED) is 0.804. The molecule has 1 unspecified atom stereocenters. The van der Waals surface area contributed by atoms with Gasteiger partial charge in [-0.05, 0) is 45.0 Å². The van der Waals surface area contributed by atoms with Gasteiger partial charge >= 0.3 is 5.97 Å². The van der Waals surface area contributed by atoms with E-state index in [0.717, 1.165) is 5.56 Å². The zero-order chi connectivity index (χ0) is 13.8. The Morgan fingerprint density at radius 3 is 2.33 bits per heavy atom. The summed E-state index contributed by atoms with van der Waals surface area (Å²) in [5, 5.41) is 9.22. The van der Waals surface area contributed by atoms with E-state index in [0.29, 0.717) is 6.54 Å². The van der Waals surface area contributed by atoms with Crippen LogP contribution in [0, 0.1) is 0 Å². The molecule has 1 atom stereocenters. The van der Waals surface area contributed by atoms with E-state index in [4.69, 9.17) is 10.5 Å². The van der Waals surface area contributed by atoms with E-state index < -0.39 is 5.60 Å². The Hall–Kier alpha value is -1.55.